The van der Waals surface area contributed by atoms with Crippen molar-refractivity contribution in [3.8, 4) is 0 Å². The Morgan fingerprint density at radius 2 is 1.77 bits per heavy atom. The lowest BCUT2D eigenvalue weighted by molar-refractivity contribution is -0.170. The molecule has 0 aromatic rings. The zero-order valence-electron chi connectivity index (χ0n) is 17.4. The lowest BCUT2D eigenvalue weighted by Gasteiger charge is -2.64. The monoisotopic (exact) mass is 360 g/mol. The summed E-state index contributed by atoms with van der Waals surface area (Å²) < 4.78 is 0. The summed E-state index contributed by atoms with van der Waals surface area (Å²) in [5.74, 6) is 1.19. The van der Waals surface area contributed by atoms with Crippen LogP contribution in [0.15, 0.2) is 0 Å². The van der Waals surface area contributed by atoms with Crippen LogP contribution >= 0.6 is 0 Å². The molecule has 148 valence electrons. The van der Waals surface area contributed by atoms with Crippen molar-refractivity contribution in [3.63, 3.8) is 0 Å². The van der Waals surface area contributed by atoms with Gasteiger partial charge >= 0.3 is 0 Å². The zero-order chi connectivity index (χ0) is 18.4. The molecule has 0 radical (unpaired) electrons. The van der Waals surface area contributed by atoms with E-state index in [1.165, 1.54) is 58.0 Å². The Hall–Kier alpha value is -0.570. The molecule has 1 aliphatic heterocycles. The first-order valence-corrected chi connectivity index (χ1v) is 11.3. The third kappa shape index (κ3) is 3.57. The summed E-state index contributed by atoms with van der Waals surface area (Å²) in [4.78, 5) is 15.8. The molecule has 1 saturated heterocycles. The Morgan fingerprint density at radius 1 is 1.04 bits per heavy atom. The lowest BCUT2D eigenvalue weighted by atomic mass is 9.40. The van der Waals surface area contributed by atoms with Crippen molar-refractivity contribution in [2.24, 2.45) is 22.2 Å². The molecule has 4 bridgehead atoms. The second-order valence-electron chi connectivity index (χ2n) is 11.3. The summed E-state index contributed by atoms with van der Waals surface area (Å²) in [6, 6.07) is 0.756. The number of carbonyl (C=O) groups is 1. The van der Waals surface area contributed by atoms with Gasteiger partial charge in [0.2, 0.25) is 5.91 Å². The predicted molar refractivity (Wildman–Crippen MR) is 107 cm³/mol. The number of unbranched alkanes of at least 4 members (excludes halogenated alkanes) is 1. The maximum absolute atomic E-state index is 13.2. The molecular formula is C23H40N2O. The molecule has 3 unspecified atom stereocenters. The number of carbonyl (C=O) groups excluding carboxylic acids is 1. The van der Waals surface area contributed by atoms with E-state index >= 15 is 0 Å². The summed E-state index contributed by atoms with van der Waals surface area (Å²) >= 11 is 0. The summed E-state index contributed by atoms with van der Waals surface area (Å²) in [7, 11) is 0. The minimum Gasteiger partial charge on any atom is -0.356 e. The van der Waals surface area contributed by atoms with E-state index in [9.17, 15) is 4.79 Å². The van der Waals surface area contributed by atoms with Crippen LogP contribution in [0.3, 0.4) is 0 Å². The summed E-state index contributed by atoms with van der Waals surface area (Å²) in [5, 5.41) is 3.37. The van der Waals surface area contributed by atoms with Gasteiger partial charge < -0.3 is 10.2 Å². The SMILES string of the molecule is CC1CCCCN1CCCCNC(=O)C12CC3CC(C)(CC(C)(C3)C1)C2. The van der Waals surface area contributed by atoms with Gasteiger partial charge in [0.15, 0.2) is 0 Å². The van der Waals surface area contributed by atoms with Crippen molar-refractivity contribution in [1.29, 1.82) is 0 Å². The number of rotatable bonds is 6. The molecule has 3 nitrogen and oxygen atoms in total. The second-order valence-corrected chi connectivity index (χ2v) is 11.3. The van der Waals surface area contributed by atoms with Gasteiger partial charge in [-0.25, -0.2) is 0 Å². The van der Waals surface area contributed by atoms with Gasteiger partial charge in [-0.2, -0.15) is 0 Å². The van der Waals surface area contributed by atoms with Gasteiger partial charge in [0, 0.05) is 12.6 Å². The number of piperidine rings is 1. The van der Waals surface area contributed by atoms with Crippen molar-refractivity contribution in [2.75, 3.05) is 19.6 Å². The average molecular weight is 361 g/mol. The Labute approximate surface area is 160 Å². The highest BCUT2D eigenvalue weighted by atomic mass is 16.2. The highest BCUT2D eigenvalue weighted by Gasteiger charge is 2.62. The van der Waals surface area contributed by atoms with Crippen LogP contribution in [0.5, 0.6) is 0 Å². The number of nitrogens with zero attached hydrogens (tertiary/aromatic N) is 1. The third-order valence-corrected chi connectivity index (χ3v) is 8.21. The van der Waals surface area contributed by atoms with Gasteiger partial charge in [-0.1, -0.05) is 20.3 Å². The van der Waals surface area contributed by atoms with Crippen molar-refractivity contribution in [1.82, 2.24) is 10.2 Å². The van der Waals surface area contributed by atoms with Gasteiger partial charge in [0.05, 0.1) is 5.41 Å². The molecule has 3 heteroatoms. The fourth-order valence-corrected chi connectivity index (χ4v) is 8.02. The van der Waals surface area contributed by atoms with Crippen molar-refractivity contribution in [3.05, 3.63) is 0 Å². The van der Waals surface area contributed by atoms with Gasteiger partial charge in [0.1, 0.15) is 0 Å². The zero-order valence-corrected chi connectivity index (χ0v) is 17.4. The van der Waals surface area contributed by atoms with Crippen molar-refractivity contribution < 1.29 is 4.79 Å². The lowest BCUT2D eigenvalue weighted by Crippen LogP contribution is -2.59. The summed E-state index contributed by atoms with van der Waals surface area (Å²) in [5.41, 5.74) is 0.816. The molecular weight excluding hydrogens is 320 g/mol. The van der Waals surface area contributed by atoms with E-state index < -0.39 is 0 Å². The largest absolute Gasteiger partial charge is 0.356 e. The Morgan fingerprint density at radius 3 is 2.42 bits per heavy atom. The number of likely N-dealkylation sites (tertiary alicyclic amines) is 1. The molecule has 5 aliphatic rings. The third-order valence-electron chi connectivity index (χ3n) is 8.21. The van der Waals surface area contributed by atoms with Gasteiger partial charge in [0.25, 0.3) is 0 Å². The maximum atomic E-state index is 13.2. The number of hydrogen-bond donors (Lipinski definition) is 1. The van der Waals surface area contributed by atoms with Gasteiger partial charge in [-0.15, -0.1) is 0 Å². The van der Waals surface area contributed by atoms with E-state index in [2.05, 4.69) is 31.0 Å². The predicted octanol–water partition coefficient (Wildman–Crippen LogP) is 4.75. The van der Waals surface area contributed by atoms with Crippen LogP contribution in [0.2, 0.25) is 0 Å². The summed E-state index contributed by atoms with van der Waals surface area (Å²) in [6.45, 7) is 10.6. The highest BCUT2D eigenvalue weighted by Crippen LogP contribution is 2.69. The van der Waals surface area contributed by atoms with Crippen molar-refractivity contribution >= 4 is 5.91 Å². The Kier molecular flexibility index (Phi) is 4.91. The van der Waals surface area contributed by atoms with Crippen LogP contribution in [0.4, 0.5) is 0 Å². The van der Waals surface area contributed by atoms with E-state index in [0.29, 0.717) is 16.7 Å². The van der Waals surface area contributed by atoms with Crippen LogP contribution in [0, 0.1) is 22.2 Å². The van der Waals surface area contributed by atoms with E-state index in [1.54, 1.807) is 0 Å². The smallest absolute Gasteiger partial charge is 0.226 e. The second kappa shape index (κ2) is 6.79. The van der Waals surface area contributed by atoms with E-state index in [-0.39, 0.29) is 5.41 Å². The number of hydrogen-bond acceptors (Lipinski definition) is 2. The first-order valence-electron chi connectivity index (χ1n) is 11.3. The molecule has 0 aromatic carbocycles. The first kappa shape index (κ1) is 18.8. The topological polar surface area (TPSA) is 32.3 Å². The normalized spacial score (nSPS) is 45.0. The van der Waals surface area contributed by atoms with Crippen molar-refractivity contribution in [2.45, 2.75) is 97.4 Å². The molecule has 0 aromatic heterocycles. The quantitative estimate of drug-likeness (QED) is 0.693. The number of nitrogens with one attached hydrogen (secondary N) is 1. The van der Waals surface area contributed by atoms with Crippen LogP contribution < -0.4 is 5.32 Å². The van der Waals surface area contributed by atoms with E-state index in [4.69, 9.17) is 0 Å². The fourth-order valence-electron chi connectivity index (χ4n) is 8.02. The molecule has 0 spiro atoms. The van der Waals surface area contributed by atoms with Crippen LogP contribution in [-0.4, -0.2) is 36.5 Å². The van der Waals surface area contributed by atoms with E-state index in [0.717, 1.165) is 44.2 Å². The fraction of sp³-hybridized carbons (Fsp3) is 0.957. The highest BCUT2D eigenvalue weighted by molar-refractivity contribution is 5.83. The minimum absolute atomic E-state index is 0.0374. The number of amides is 1. The van der Waals surface area contributed by atoms with Crippen LogP contribution in [0.1, 0.15) is 91.4 Å². The molecule has 5 rings (SSSR count). The molecule has 5 fully saturated rings. The Balaban J connectivity index is 1.25. The van der Waals surface area contributed by atoms with Gasteiger partial charge in [-0.05, 0) is 101 Å². The molecule has 3 atom stereocenters. The summed E-state index contributed by atoms with van der Waals surface area (Å²) in [6.07, 6.45) is 14.0. The maximum Gasteiger partial charge on any atom is 0.226 e. The van der Waals surface area contributed by atoms with Crippen LogP contribution in [0.25, 0.3) is 0 Å². The van der Waals surface area contributed by atoms with E-state index in [1.807, 2.05) is 0 Å². The molecule has 1 amide bonds. The molecule has 4 saturated carbocycles. The Bertz CT molecular complexity index is 526. The van der Waals surface area contributed by atoms with Gasteiger partial charge in [-0.3, -0.25) is 4.79 Å². The first-order chi connectivity index (χ1) is 12.3. The van der Waals surface area contributed by atoms with Crippen LogP contribution in [-0.2, 0) is 4.79 Å². The minimum atomic E-state index is -0.0374. The standard InChI is InChI=1S/C23H40N2O/c1-18-8-4-6-10-25(18)11-7-5-9-24-20(26)23-14-19-12-21(2,16-23)15-22(3,13-19)17-23/h18-19H,4-17H2,1-3H3,(H,24,26). The average Bonchev–Trinajstić information content (AvgIpc) is 2.52. The molecule has 1 N–H and O–H groups in total. The molecule has 26 heavy (non-hydrogen) atoms. The molecule has 1 heterocycles. The molecule has 4 aliphatic carbocycles.